The van der Waals surface area contributed by atoms with Crippen molar-refractivity contribution in [3.8, 4) is 11.8 Å². The number of ether oxygens (including phenoxy) is 1. The van der Waals surface area contributed by atoms with E-state index in [1.165, 1.54) is 0 Å². The first-order valence-corrected chi connectivity index (χ1v) is 8.84. The molecule has 2 heterocycles. The number of amides is 1. The van der Waals surface area contributed by atoms with Crippen molar-refractivity contribution in [1.82, 2.24) is 20.1 Å². The van der Waals surface area contributed by atoms with E-state index >= 15 is 0 Å². The predicted molar refractivity (Wildman–Crippen MR) is 94.6 cm³/mol. The van der Waals surface area contributed by atoms with Crippen molar-refractivity contribution < 1.29 is 22.7 Å². The van der Waals surface area contributed by atoms with E-state index in [9.17, 15) is 18.0 Å². The number of alkyl halides is 3. The lowest BCUT2D eigenvalue weighted by Crippen LogP contribution is -2.30. The maximum atomic E-state index is 12.7. The minimum Gasteiger partial charge on any atom is -0.416 e. The Bertz CT molecular complexity index is 825. The molecule has 148 valence electrons. The fourth-order valence-electron chi connectivity index (χ4n) is 2.11. The van der Waals surface area contributed by atoms with Crippen LogP contribution >= 0.6 is 23.2 Å². The van der Waals surface area contributed by atoms with Gasteiger partial charge in [-0.15, -0.1) is 5.10 Å². The molecule has 0 bridgehead atoms. The van der Waals surface area contributed by atoms with Gasteiger partial charge in [-0.05, 0) is 19.4 Å². The third-order valence-corrected chi connectivity index (χ3v) is 4.30. The highest BCUT2D eigenvalue weighted by Crippen LogP contribution is 2.36. The standard InChI is InChI=1S/C16H17Cl2F3N4O2/c1-3-4-5-6-22-15(26)25-9(2)12(18)14(24-25)27-13-11(17)7-10(8-23-13)16(19,20)21/h7-8H,3-6H2,1-2H3,(H,22,26). The smallest absolute Gasteiger partial charge is 0.416 e. The molecular weight excluding hydrogens is 408 g/mol. The van der Waals surface area contributed by atoms with Gasteiger partial charge in [-0.2, -0.15) is 17.9 Å². The lowest BCUT2D eigenvalue weighted by atomic mass is 10.2. The lowest BCUT2D eigenvalue weighted by molar-refractivity contribution is -0.137. The molecule has 11 heteroatoms. The monoisotopic (exact) mass is 424 g/mol. The Morgan fingerprint density at radius 1 is 1.30 bits per heavy atom. The number of hydrogen-bond acceptors (Lipinski definition) is 4. The van der Waals surface area contributed by atoms with Gasteiger partial charge in [0.05, 0.1) is 11.3 Å². The number of halogens is 5. The summed E-state index contributed by atoms with van der Waals surface area (Å²) in [4.78, 5) is 15.7. The van der Waals surface area contributed by atoms with Crippen molar-refractivity contribution in [2.75, 3.05) is 6.54 Å². The van der Waals surface area contributed by atoms with Crippen LogP contribution < -0.4 is 10.1 Å². The molecule has 0 saturated carbocycles. The molecule has 2 aromatic rings. The maximum absolute atomic E-state index is 12.7. The zero-order chi connectivity index (χ0) is 20.2. The topological polar surface area (TPSA) is 69.0 Å². The molecule has 2 rings (SSSR count). The van der Waals surface area contributed by atoms with Crippen LogP contribution in [0.15, 0.2) is 12.3 Å². The van der Waals surface area contributed by atoms with E-state index in [2.05, 4.69) is 15.4 Å². The summed E-state index contributed by atoms with van der Waals surface area (Å²) in [6.45, 7) is 4.07. The number of pyridine rings is 1. The van der Waals surface area contributed by atoms with E-state index in [4.69, 9.17) is 27.9 Å². The second-order valence-corrected chi connectivity index (χ2v) is 6.45. The van der Waals surface area contributed by atoms with Gasteiger partial charge in [0, 0.05) is 12.7 Å². The number of nitrogens with one attached hydrogen (secondary N) is 1. The number of hydrogen-bond donors (Lipinski definition) is 1. The molecule has 0 saturated heterocycles. The maximum Gasteiger partial charge on any atom is 0.417 e. The fourth-order valence-corrected chi connectivity index (χ4v) is 2.47. The summed E-state index contributed by atoms with van der Waals surface area (Å²) in [5.41, 5.74) is -0.707. The molecule has 1 amide bonds. The summed E-state index contributed by atoms with van der Waals surface area (Å²) in [5.74, 6) is -0.494. The Morgan fingerprint density at radius 2 is 2.00 bits per heavy atom. The zero-order valence-corrected chi connectivity index (χ0v) is 16.0. The molecule has 0 aliphatic rings. The Labute approximate surface area is 163 Å². The predicted octanol–water partition coefficient (Wildman–Crippen LogP) is 5.45. The quantitative estimate of drug-likeness (QED) is 0.625. The van der Waals surface area contributed by atoms with Crippen LogP contribution in [0.5, 0.6) is 11.8 Å². The average molecular weight is 425 g/mol. The van der Waals surface area contributed by atoms with E-state index in [0.29, 0.717) is 24.5 Å². The van der Waals surface area contributed by atoms with Crippen molar-refractivity contribution >= 4 is 29.2 Å². The largest absolute Gasteiger partial charge is 0.417 e. The Hall–Kier alpha value is -2.00. The molecular formula is C16H17Cl2F3N4O2. The summed E-state index contributed by atoms with van der Waals surface area (Å²) in [7, 11) is 0. The average Bonchev–Trinajstić information content (AvgIpc) is 2.88. The third-order valence-electron chi connectivity index (χ3n) is 3.59. The van der Waals surface area contributed by atoms with Gasteiger partial charge in [0.1, 0.15) is 10.0 Å². The van der Waals surface area contributed by atoms with Crippen LogP contribution in [0.4, 0.5) is 18.0 Å². The number of nitrogens with zero attached hydrogens (tertiary/aromatic N) is 3. The van der Waals surface area contributed by atoms with E-state index in [0.717, 1.165) is 23.9 Å². The van der Waals surface area contributed by atoms with Gasteiger partial charge < -0.3 is 10.1 Å². The van der Waals surface area contributed by atoms with E-state index in [1.54, 1.807) is 6.92 Å². The van der Waals surface area contributed by atoms with Gasteiger partial charge in [-0.1, -0.05) is 43.0 Å². The van der Waals surface area contributed by atoms with Crippen LogP contribution in [0, 0.1) is 6.92 Å². The van der Waals surface area contributed by atoms with Gasteiger partial charge in [-0.25, -0.2) is 9.78 Å². The molecule has 0 atom stereocenters. The second kappa shape index (κ2) is 8.79. The van der Waals surface area contributed by atoms with Crippen molar-refractivity contribution in [3.05, 3.63) is 33.6 Å². The van der Waals surface area contributed by atoms with Crippen LogP contribution in [0.3, 0.4) is 0 Å². The van der Waals surface area contributed by atoms with Crippen LogP contribution in [0.25, 0.3) is 0 Å². The van der Waals surface area contributed by atoms with Crippen molar-refractivity contribution in [2.45, 2.75) is 39.3 Å². The molecule has 2 aromatic heterocycles. The first kappa shape index (κ1) is 21.3. The summed E-state index contributed by atoms with van der Waals surface area (Å²) in [5, 5.41) is 6.30. The highest BCUT2D eigenvalue weighted by Gasteiger charge is 2.32. The third kappa shape index (κ3) is 5.26. The van der Waals surface area contributed by atoms with Gasteiger partial charge in [0.15, 0.2) is 0 Å². The molecule has 0 fully saturated rings. The molecule has 0 aromatic carbocycles. The van der Waals surface area contributed by atoms with Gasteiger partial charge in [0.2, 0.25) is 5.88 Å². The molecule has 6 nitrogen and oxygen atoms in total. The Kier molecular flexibility index (Phi) is 6.94. The molecule has 1 N–H and O–H groups in total. The second-order valence-electron chi connectivity index (χ2n) is 5.67. The van der Waals surface area contributed by atoms with E-state index in [-0.39, 0.29) is 21.8 Å². The van der Waals surface area contributed by atoms with Gasteiger partial charge in [-0.3, -0.25) is 0 Å². The van der Waals surface area contributed by atoms with Crippen molar-refractivity contribution in [2.24, 2.45) is 0 Å². The lowest BCUT2D eigenvalue weighted by Gasteiger charge is -2.09. The summed E-state index contributed by atoms with van der Waals surface area (Å²) < 4.78 is 44.3. The first-order valence-electron chi connectivity index (χ1n) is 8.09. The SMILES string of the molecule is CCCCCNC(=O)n1nc(Oc2ncc(C(F)(F)F)cc2Cl)c(Cl)c1C. The van der Waals surface area contributed by atoms with Crippen LogP contribution in [-0.2, 0) is 6.18 Å². The normalized spacial score (nSPS) is 11.5. The highest BCUT2D eigenvalue weighted by molar-refractivity contribution is 6.33. The van der Waals surface area contributed by atoms with Crippen LogP contribution in [0.1, 0.15) is 37.4 Å². The number of carbonyl (C=O) groups is 1. The number of carbonyl (C=O) groups excluding carboxylic acids is 1. The Morgan fingerprint density at radius 3 is 2.59 bits per heavy atom. The molecule has 27 heavy (non-hydrogen) atoms. The fraction of sp³-hybridized carbons (Fsp3) is 0.438. The summed E-state index contributed by atoms with van der Waals surface area (Å²) in [6, 6.07) is 0.189. The van der Waals surface area contributed by atoms with E-state index < -0.39 is 17.8 Å². The molecule has 0 spiro atoms. The number of unbranched alkanes of at least 4 members (excludes halogenated alkanes) is 2. The van der Waals surface area contributed by atoms with Crippen LogP contribution in [-0.4, -0.2) is 27.3 Å². The number of aromatic nitrogens is 3. The first-order chi connectivity index (χ1) is 12.6. The van der Waals surface area contributed by atoms with E-state index in [1.807, 2.05) is 6.92 Å². The minimum atomic E-state index is -4.58. The minimum absolute atomic E-state index is 0.0245. The number of rotatable bonds is 6. The molecule has 0 unspecified atom stereocenters. The molecule has 0 radical (unpaired) electrons. The summed E-state index contributed by atoms with van der Waals surface area (Å²) >= 11 is 11.9. The van der Waals surface area contributed by atoms with Crippen molar-refractivity contribution in [3.63, 3.8) is 0 Å². The molecule has 0 aliphatic carbocycles. The van der Waals surface area contributed by atoms with Gasteiger partial charge >= 0.3 is 12.2 Å². The van der Waals surface area contributed by atoms with Crippen molar-refractivity contribution in [1.29, 1.82) is 0 Å². The molecule has 0 aliphatic heterocycles. The van der Waals surface area contributed by atoms with Gasteiger partial charge in [0.25, 0.3) is 5.88 Å². The van der Waals surface area contributed by atoms with Crippen LogP contribution in [0.2, 0.25) is 10.0 Å². The highest BCUT2D eigenvalue weighted by atomic mass is 35.5. The summed E-state index contributed by atoms with van der Waals surface area (Å²) in [6.07, 6.45) is -1.18. The zero-order valence-electron chi connectivity index (χ0n) is 14.5. The Balaban J connectivity index is 2.17.